The van der Waals surface area contributed by atoms with E-state index < -0.39 is 22.3 Å². The Morgan fingerprint density at radius 2 is 1.74 bits per heavy atom. The van der Waals surface area contributed by atoms with E-state index in [0.29, 0.717) is 57.6 Å². The van der Waals surface area contributed by atoms with Crippen LogP contribution in [0, 0.1) is 22.0 Å². The number of rotatable bonds is 25. The molecule has 5 rings (SSSR count). The van der Waals surface area contributed by atoms with Gasteiger partial charge in [-0.25, -0.2) is 14.4 Å². The van der Waals surface area contributed by atoms with Gasteiger partial charge in [0.25, 0.3) is 5.91 Å². The Morgan fingerprint density at radius 1 is 1.02 bits per heavy atom. The molecule has 19 nitrogen and oxygen atoms in total. The van der Waals surface area contributed by atoms with Crippen molar-refractivity contribution in [3.05, 3.63) is 40.1 Å². The average Bonchev–Trinajstić information content (AvgIpc) is 3.75. The van der Waals surface area contributed by atoms with Crippen LogP contribution in [0.25, 0.3) is 11.0 Å². The molecule has 3 N–H and O–H groups in total. The number of aromatic nitrogens is 3. The molecule has 0 radical (unpaired) electrons. The zero-order chi connectivity index (χ0) is 38.5. The fourth-order valence-electron chi connectivity index (χ4n) is 5.98. The highest BCUT2D eigenvalue weighted by molar-refractivity contribution is 5.97. The Balaban J connectivity index is 1.04. The molecular weight excluding hydrogens is 710 g/mol. The van der Waals surface area contributed by atoms with Crippen molar-refractivity contribution < 1.29 is 52.7 Å². The van der Waals surface area contributed by atoms with Gasteiger partial charge in [-0.1, -0.05) is 6.92 Å². The van der Waals surface area contributed by atoms with E-state index in [9.17, 15) is 24.8 Å². The number of methoxy groups -OCH3 is 1. The van der Waals surface area contributed by atoms with Crippen molar-refractivity contribution in [3.8, 4) is 5.88 Å². The number of carbonyl (C=O) groups excluding carboxylic acids is 2. The SMILES string of the molecule is CCOC(=O)[C@@](CC)(CCOCCOCCOCCNc1ccc([N+](=O)[O-])c2nonc12)NC(=O)c1ccc(N2CC(OC)C2)c(OC[C@H]2C[C@@H]2CO)n1. The molecule has 1 amide bonds. The molecule has 19 heteroatoms. The van der Waals surface area contributed by atoms with Gasteiger partial charge >= 0.3 is 11.7 Å². The number of non-ortho nitro benzene ring substituents is 1. The minimum atomic E-state index is -1.35. The first kappa shape index (κ1) is 40.5. The third kappa shape index (κ3) is 10.3. The number of nitro groups is 1. The number of ether oxygens (including phenoxy) is 6. The number of esters is 1. The number of nitrogens with one attached hydrogen (secondary N) is 2. The Bertz CT molecular complexity index is 1700. The number of carbonyl (C=O) groups is 2. The summed E-state index contributed by atoms with van der Waals surface area (Å²) in [7, 11) is 1.67. The van der Waals surface area contributed by atoms with Gasteiger partial charge in [0.05, 0.1) is 63.0 Å². The summed E-state index contributed by atoms with van der Waals surface area (Å²) >= 11 is 0. The van der Waals surface area contributed by atoms with Crippen LogP contribution in [0.5, 0.6) is 5.88 Å². The standard InChI is InChI=1S/C35H49N7O12/c1-4-35(34(45)52-5-2,38-32(44)27-7-9-29(41-19-25(20-41)48-3)33(37-27)53-22-24-18-23(24)21-43)10-12-49-14-16-51-17-15-50-13-11-36-26-6-8-28(42(46)47)31-30(26)39-54-40-31/h6-9,23-25,36,43H,4-5,10-22H2,1-3H3,(H,38,44)/t23-,24-,35-/m1/s1. The topological polar surface area (TPSA) is 232 Å². The number of nitro benzene ring substituents is 1. The van der Waals surface area contributed by atoms with Crippen molar-refractivity contribution >= 4 is 40.0 Å². The Kier molecular flexibility index (Phi) is 14.7. The Labute approximate surface area is 312 Å². The third-order valence-corrected chi connectivity index (χ3v) is 9.52. The monoisotopic (exact) mass is 759 g/mol. The van der Waals surface area contributed by atoms with Crippen molar-refractivity contribution in [1.29, 1.82) is 0 Å². The highest BCUT2D eigenvalue weighted by atomic mass is 16.6. The molecule has 0 spiro atoms. The molecule has 3 atom stereocenters. The molecule has 2 fully saturated rings. The summed E-state index contributed by atoms with van der Waals surface area (Å²) in [6.07, 6.45) is 1.40. The lowest BCUT2D eigenvalue weighted by atomic mass is 9.92. The highest BCUT2D eigenvalue weighted by Crippen LogP contribution is 2.39. The van der Waals surface area contributed by atoms with Crippen LogP contribution in [-0.4, -0.2) is 135 Å². The lowest BCUT2D eigenvalue weighted by Gasteiger charge is -2.40. The summed E-state index contributed by atoms with van der Waals surface area (Å²) in [6.45, 7) is 7.56. The first-order valence-electron chi connectivity index (χ1n) is 18.1. The van der Waals surface area contributed by atoms with Crippen molar-refractivity contribution in [3.63, 3.8) is 0 Å². The van der Waals surface area contributed by atoms with Gasteiger partial charge in [0.1, 0.15) is 16.9 Å². The second-order valence-electron chi connectivity index (χ2n) is 13.0. The van der Waals surface area contributed by atoms with E-state index in [0.717, 1.165) is 12.1 Å². The number of pyridine rings is 1. The number of anilines is 2. The molecule has 0 unspecified atom stereocenters. The maximum absolute atomic E-state index is 13.6. The van der Waals surface area contributed by atoms with Crippen molar-refractivity contribution in [2.45, 2.75) is 44.8 Å². The molecule has 1 saturated carbocycles. The second kappa shape index (κ2) is 19.6. The van der Waals surface area contributed by atoms with Gasteiger partial charge < -0.3 is 49.1 Å². The molecule has 3 aromatic rings. The van der Waals surface area contributed by atoms with Crippen LogP contribution in [0.3, 0.4) is 0 Å². The van der Waals surface area contributed by atoms with E-state index in [4.69, 9.17) is 28.4 Å². The van der Waals surface area contributed by atoms with E-state index in [1.807, 2.05) is 0 Å². The zero-order valence-electron chi connectivity index (χ0n) is 30.8. The normalized spacial score (nSPS) is 17.8. The van der Waals surface area contributed by atoms with Crippen LogP contribution < -0.4 is 20.3 Å². The maximum atomic E-state index is 13.6. The lowest BCUT2D eigenvalue weighted by Crippen LogP contribution is -2.55. The third-order valence-electron chi connectivity index (χ3n) is 9.52. The van der Waals surface area contributed by atoms with Gasteiger partial charge in [-0.3, -0.25) is 14.9 Å². The minimum Gasteiger partial charge on any atom is -0.476 e. The molecular formula is C35H49N7O12. The first-order chi connectivity index (χ1) is 26.2. The van der Waals surface area contributed by atoms with Crippen LogP contribution >= 0.6 is 0 Å². The molecule has 2 aromatic heterocycles. The summed E-state index contributed by atoms with van der Waals surface area (Å²) in [5, 5.41) is 33.9. The summed E-state index contributed by atoms with van der Waals surface area (Å²) in [4.78, 5) is 44.1. The largest absolute Gasteiger partial charge is 0.476 e. The first-order valence-corrected chi connectivity index (χ1v) is 18.1. The fourth-order valence-corrected chi connectivity index (χ4v) is 5.98. The summed E-state index contributed by atoms with van der Waals surface area (Å²) in [5.41, 5.74) is 0.174. The molecule has 1 aliphatic heterocycles. The van der Waals surface area contributed by atoms with Gasteiger partial charge in [0.2, 0.25) is 11.4 Å². The number of aliphatic hydroxyl groups excluding tert-OH is 1. The smallest absolute Gasteiger partial charge is 0.331 e. The van der Waals surface area contributed by atoms with Gasteiger partial charge in [0.15, 0.2) is 5.52 Å². The maximum Gasteiger partial charge on any atom is 0.331 e. The van der Waals surface area contributed by atoms with E-state index in [1.54, 1.807) is 33.1 Å². The van der Waals surface area contributed by atoms with Crippen molar-refractivity contribution in [2.75, 3.05) is 96.4 Å². The summed E-state index contributed by atoms with van der Waals surface area (Å²) in [6, 6.07) is 6.27. The lowest BCUT2D eigenvalue weighted by molar-refractivity contribution is -0.383. The van der Waals surface area contributed by atoms with Gasteiger partial charge in [-0.15, -0.1) is 0 Å². The van der Waals surface area contributed by atoms with Crippen molar-refractivity contribution in [2.24, 2.45) is 11.8 Å². The summed E-state index contributed by atoms with van der Waals surface area (Å²) in [5.74, 6) is -0.348. The summed E-state index contributed by atoms with van der Waals surface area (Å²) < 4.78 is 38.5. The molecule has 296 valence electrons. The molecule has 1 saturated heterocycles. The average molecular weight is 760 g/mol. The van der Waals surface area contributed by atoms with Crippen molar-refractivity contribution in [1.82, 2.24) is 20.6 Å². The molecule has 0 bridgehead atoms. The van der Waals surface area contributed by atoms with E-state index >= 15 is 0 Å². The molecule has 3 heterocycles. The van der Waals surface area contributed by atoms with Crippen LogP contribution in [0.1, 0.15) is 43.6 Å². The highest BCUT2D eigenvalue weighted by Gasteiger charge is 2.41. The molecule has 1 aromatic carbocycles. The van der Waals surface area contributed by atoms with Crippen LogP contribution in [0.4, 0.5) is 17.1 Å². The number of aliphatic hydroxyl groups is 1. The predicted octanol–water partition coefficient (Wildman–Crippen LogP) is 2.36. The fraction of sp³-hybridized carbons (Fsp3) is 0.629. The van der Waals surface area contributed by atoms with E-state index in [2.05, 4.69) is 35.5 Å². The number of hydrogen-bond acceptors (Lipinski definition) is 17. The number of amides is 1. The molecule has 54 heavy (non-hydrogen) atoms. The van der Waals surface area contributed by atoms with Gasteiger partial charge in [-0.2, -0.15) is 0 Å². The van der Waals surface area contributed by atoms with E-state index in [1.165, 1.54) is 12.1 Å². The zero-order valence-corrected chi connectivity index (χ0v) is 30.8. The molecule has 1 aliphatic carbocycles. The van der Waals surface area contributed by atoms with Crippen LogP contribution in [0.2, 0.25) is 0 Å². The predicted molar refractivity (Wildman–Crippen MR) is 193 cm³/mol. The van der Waals surface area contributed by atoms with Crippen LogP contribution in [0.15, 0.2) is 28.9 Å². The second-order valence-corrected chi connectivity index (χ2v) is 13.0. The van der Waals surface area contributed by atoms with Gasteiger partial charge in [0, 0.05) is 52.4 Å². The Hall–Kier alpha value is -4.69. The van der Waals surface area contributed by atoms with Crippen LogP contribution in [-0.2, 0) is 28.5 Å². The van der Waals surface area contributed by atoms with E-state index in [-0.39, 0.29) is 86.2 Å². The van der Waals surface area contributed by atoms with Gasteiger partial charge in [-0.05, 0) is 60.1 Å². The number of benzene rings is 1. The number of hydrogen-bond donors (Lipinski definition) is 3. The quantitative estimate of drug-likeness (QED) is 0.0487. The molecule has 2 aliphatic rings. The Morgan fingerprint density at radius 3 is 2.41 bits per heavy atom. The minimum absolute atomic E-state index is 0.0669. The number of fused-ring (bicyclic) bond motifs is 1. The number of nitrogens with zero attached hydrogens (tertiary/aromatic N) is 5.